The second-order valence-electron chi connectivity index (χ2n) is 6.93. The highest BCUT2D eigenvalue weighted by molar-refractivity contribution is 8.25. The van der Waals surface area contributed by atoms with Crippen LogP contribution in [-0.4, -0.2) is 185 Å². The van der Waals surface area contributed by atoms with Crippen LogP contribution in [0.15, 0.2) is 0 Å². The Labute approximate surface area is 184 Å². The van der Waals surface area contributed by atoms with Gasteiger partial charge in [-0.2, -0.15) is 0 Å². The normalized spacial score (nSPS) is 9.38. The van der Waals surface area contributed by atoms with Crippen LogP contribution >= 0.6 is 0 Å². The van der Waals surface area contributed by atoms with Crippen LogP contribution in [-0.2, 0) is 0 Å². The highest BCUT2D eigenvalue weighted by Gasteiger charge is 2.49. The van der Waals surface area contributed by atoms with Crippen molar-refractivity contribution in [2.75, 3.05) is 0 Å². The molecule has 26 heavy (non-hydrogen) atoms. The van der Waals surface area contributed by atoms with Crippen LogP contribution in [0.25, 0.3) is 0 Å². The molecule has 0 saturated carbocycles. The lowest BCUT2D eigenvalue weighted by molar-refractivity contribution is 3.28. The summed E-state index contributed by atoms with van der Waals surface area (Å²) in [5.74, 6) is 0. The molecule has 0 aromatic carbocycles. The van der Waals surface area contributed by atoms with Crippen LogP contribution < -0.4 is 0 Å². The summed E-state index contributed by atoms with van der Waals surface area (Å²) in [5.41, 5.74) is 0. The van der Waals surface area contributed by atoms with Crippen molar-refractivity contribution in [2.24, 2.45) is 0 Å². The number of hydrogen-bond donors (Lipinski definition) is 0. The first-order valence-corrected chi connectivity index (χ1v) is 8.33. The Morgan fingerprint density at radius 2 is 0.346 bits per heavy atom. The molecular weight excluding hydrogens is 281 g/mol. The van der Waals surface area contributed by atoms with Crippen molar-refractivity contribution < 1.29 is 0 Å². The maximum absolute atomic E-state index is 6.02. The fraction of sp³-hybridized carbons (Fsp3) is 0. The summed E-state index contributed by atoms with van der Waals surface area (Å²) in [6.45, 7) is 0. The lowest BCUT2D eigenvalue weighted by Gasteiger charge is -2.48. The van der Waals surface area contributed by atoms with E-state index < -0.39 is 76.6 Å². The average Bonchev–Trinajstić information content (AvgIpc) is 2.40. The van der Waals surface area contributed by atoms with E-state index in [2.05, 4.69) is 0 Å². The fourth-order valence-corrected chi connectivity index (χ4v) is 3.85. The van der Waals surface area contributed by atoms with Crippen molar-refractivity contribution >= 4 is 185 Å². The smallest absolute Gasteiger partial charge is 0 e. The number of rotatable bonds is 11. The molecule has 0 spiro atoms. The predicted octanol–water partition coefficient (Wildman–Crippen LogP) is -9.90. The third kappa shape index (κ3) is 7.50. The largest absolute Gasteiger partial charge is 0 e. The molecule has 0 nitrogen and oxygen atoms in total. The van der Waals surface area contributed by atoms with E-state index in [1.807, 2.05) is 0 Å². The van der Waals surface area contributed by atoms with Gasteiger partial charge in [-0.1, -0.05) is 0 Å². The summed E-state index contributed by atoms with van der Waals surface area (Å²) < 4.78 is 0. The molecule has 0 aliphatic carbocycles. The molecule has 0 rings (SSSR count). The maximum Gasteiger partial charge on any atom is 0 e. The lowest BCUT2D eigenvalue weighted by Crippen LogP contribution is -2.86. The molecule has 0 heterocycles. The molecule has 0 aliphatic heterocycles. The van der Waals surface area contributed by atoms with Crippen LogP contribution in [0.4, 0.5) is 0 Å². The van der Waals surface area contributed by atoms with E-state index in [0.29, 0.717) is 0 Å². The highest BCUT2D eigenvalue weighted by Crippen LogP contribution is 2.11. The fourth-order valence-electron chi connectivity index (χ4n) is 3.85. The van der Waals surface area contributed by atoms with E-state index in [-0.39, 0.29) is 0 Å². The van der Waals surface area contributed by atoms with Gasteiger partial charge in [-0.15, -0.1) is 0 Å². The first-order valence-electron chi connectivity index (χ1n) is 8.33. The molecule has 0 aromatic heterocycles. The third-order valence-electron chi connectivity index (χ3n) is 4.89. The predicted molar refractivity (Wildman–Crippen MR) is 150 cm³/mol. The first-order chi connectivity index (χ1) is 11.7. The second kappa shape index (κ2) is 12.4. The van der Waals surface area contributed by atoms with Crippen molar-refractivity contribution in [3.63, 3.8) is 0 Å². The average molecular weight is 281 g/mol. The van der Waals surface area contributed by atoms with Crippen LogP contribution in [0, 0.1) is 0 Å². The van der Waals surface area contributed by atoms with E-state index >= 15 is 0 Å². The SMILES string of the molecule is [B]B([B])B(B([B])[B])B(B([B])[B])B(B(B([B])[B])B([B])[B])B(B([B])[B])B([B])[B]. The molecule has 0 saturated heterocycles. The monoisotopic (exact) mass is 286 g/mol. The van der Waals surface area contributed by atoms with Crippen molar-refractivity contribution in [1.29, 1.82) is 0 Å². The van der Waals surface area contributed by atoms with Gasteiger partial charge >= 0.3 is 0 Å². The molecule has 28 radical (unpaired) electrons. The molecule has 78 valence electrons. The molecule has 0 unspecified atom stereocenters. The Hall–Kier alpha value is 1.69. The van der Waals surface area contributed by atoms with Gasteiger partial charge < -0.3 is 0 Å². The maximum atomic E-state index is 6.02. The second-order valence-corrected chi connectivity index (χ2v) is 6.93. The Balaban J connectivity index is 6.53. The minimum Gasteiger partial charge on any atom is 0 e. The van der Waals surface area contributed by atoms with E-state index in [0.717, 1.165) is 0 Å². The minimum atomic E-state index is -1.02. The van der Waals surface area contributed by atoms with Gasteiger partial charge in [-0.05, 0) is 0 Å². The molecule has 0 bridgehead atoms. The summed E-state index contributed by atoms with van der Waals surface area (Å²) in [7, 11) is 82.9. The summed E-state index contributed by atoms with van der Waals surface area (Å²) >= 11 is 0. The van der Waals surface area contributed by atoms with E-state index in [4.69, 9.17) is 108 Å². The van der Waals surface area contributed by atoms with E-state index in [1.165, 1.54) is 0 Å². The van der Waals surface area contributed by atoms with Crippen LogP contribution in [0.1, 0.15) is 0 Å². The number of hydrogen-bond acceptors (Lipinski definition) is 0. The Morgan fingerprint density at radius 3 is 0.500 bits per heavy atom. The molecule has 0 aromatic rings. The summed E-state index contributed by atoms with van der Waals surface area (Å²) in [4.78, 5) is 0. The van der Waals surface area contributed by atoms with Gasteiger partial charge in [0.15, 0.2) is 0 Å². The van der Waals surface area contributed by atoms with Crippen molar-refractivity contribution in [1.82, 2.24) is 0 Å². The van der Waals surface area contributed by atoms with Gasteiger partial charge in [0, 0.05) is 185 Å². The molecule has 0 N–H and O–H groups in total. The first kappa shape index (κ1) is 27.7. The van der Waals surface area contributed by atoms with Gasteiger partial charge in [-0.3, -0.25) is 0 Å². The highest BCUT2D eigenvalue weighted by atomic mass is 13.3. The Kier molecular flexibility index (Phi) is 13.2. The Morgan fingerprint density at radius 1 is 0.192 bits per heavy atom. The van der Waals surface area contributed by atoms with Crippen LogP contribution in [0.5, 0.6) is 0 Å². The summed E-state index contributed by atoms with van der Waals surface area (Å²) in [6.07, 6.45) is -10.9. The van der Waals surface area contributed by atoms with Gasteiger partial charge in [0.05, 0.1) is 0 Å². The third-order valence-corrected chi connectivity index (χ3v) is 4.89. The molecule has 0 aliphatic rings. The van der Waals surface area contributed by atoms with E-state index in [1.54, 1.807) is 0 Å². The van der Waals surface area contributed by atoms with Crippen molar-refractivity contribution in [3.8, 4) is 0 Å². The lowest BCUT2D eigenvalue weighted by atomic mass is 8.34. The standard InChI is InChI=1S/B26/c1-15(2)22(16(3)4)25(21(13)14)26(23(17(5)6)18(7)8)24(19(9)10)20(11)12. The summed E-state index contributed by atoms with van der Waals surface area (Å²) in [5, 5.41) is 0. The zero-order valence-electron chi connectivity index (χ0n) is 15.0. The minimum absolute atomic E-state index is 0.760. The Bertz CT molecular complexity index is 314. The van der Waals surface area contributed by atoms with Gasteiger partial charge in [0.1, 0.15) is 0 Å². The van der Waals surface area contributed by atoms with Crippen LogP contribution in [0.2, 0.25) is 0 Å². The van der Waals surface area contributed by atoms with Gasteiger partial charge in [0.25, 0.3) is 0 Å². The van der Waals surface area contributed by atoms with E-state index in [9.17, 15) is 0 Å². The van der Waals surface area contributed by atoms with Crippen LogP contribution in [0.3, 0.4) is 0 Å². The van der Waals surface area contributed by atoms with Gasteiger partial charge in [0.2, 0.25) is 0 Å². The quantitative estimate of drug-likeness (QED) is 0.330. The molecule has 26 heteroatoms. The topological polar surface area (TPSA) is 0 Å². The summed E-state index contributed by atoms with van der Waals surface area (Å²) in [6, 6.07) is 0. The van der Waals surface area contributed by atoms with Gasteiger partial charge in [-0.25, -0.2) is 0 Å². The zero-order chi connectivity index (χ0) is 20.9. The van der Waals surface area contributed by atoms with Crippen molar-refractivity contribution in [3.05, 3.63) is 0 Å². The molecule has 0 fully saturated rings. The molecular formula is B26. The zero-order valence-corrected chi connectivity index (χ0v) is 15.0. The molecule has 0 atom stereocenters. The van der Waals surface area contributed by atoms with Crippen molar-refractivity contribution in [2.45, 2.75) is 0 Å². The molecule has 0 amide bonds.